The number of halogens is 1. The fraction of sp³-hybridized carbons (Fsp3) is 0.333. The van der Waals surface area contributed by atoms with Crippen molar-refractivity contribution in [1.29, 1.82) is 0 Å². The third-order valence-corrected chi connectivity index (χ3v) is 6.64. The Balaban J connectivity index is 1.93. The Morgan fingerprint density at radius 3 is 2.32 bits per heavy atom. The molecule has 2 aromatic rings. The smallest absolute Gasteiger partial charge is 0.247 e. The second-order valence-electron chi connectivity index (χ2n) is 7.54. The van der Waals surface area contributed by atoms with Gasteiger partial charge in [-0.25, -0.2) is 8.42 Å². The molecule has 0 aromatic heterocycles. The lowest BCUT2D eigenvalue weighted by Gasteiger charge is -2.46. The maximum absolute atomic E-state index is 13.3. The summed E-state index contributed by atoms with van der Waals surface area (Å²) in [5, 5.41) is 3.40. The van der Waals surface area contributed by atoms with E-state index >= 15 is 0 Å². The summed E-state index contributed by atoms with van der Waals surface area (Å²) in [6.07, 6.45) is 1.02. The van der Waals surface area contributed by atoms with E-state index < -0.39 is 27.4 Å². The van der Waals surface area contributed by atoms with E-state index in [9.17, 15) is 18.0 Å². The fourth-order valence-corrected chi connectivity index (χ4v) is 4.47. The summed E-state index contributed by atoms with van der Waals surface area (Å²) < 4.78 is 30.5. The molecule has 1 heterocycles. The molecule has 2 amide bonds. The molecule has 1 aliphatic rings. The summed E-state index contributed by atoms with van der Waals surface area (Å²) in [6.45, 7) is 1.25. The summed E-state index contributed by atoms with van der Waals surface area (Å²) in [5.74, 6) is -0.370. The number of ether oxygens (including phenoxy) is 1. The van der Waals surface area contributed by atoms with Gasteiger partial charge in [-0.15, -0.1) is 0 Å². The number of carbonyl (C=O) groups excluding carboxylic acids is 2. The van der Waals surface area contributed by atoms with Gasteiger partial charge < -0.3 is 10.1 Å². The normalized spacial score (nSPS) is 19.9. The van der Waals surface area contributed by atoms with Crippen molar-refractivity contribution in [3.05, 3.63) is 59.1 Å². The lowest BCUT2D eigenvalue weighted by atomic mass is 9.94. The topological polar surface area (TPSA) is 96.0 Å². The standard InChI is InChI=1S/C21H24ClN3O5S/c1-21(20(27)23-12-15-4-6-16(22)7-5-15)14-24(31(3,28)29)13-19(26)25(21)17-8-10-18(30-2)11-9-17/h4-11H,12-14H2,1-3H3,(H,23,27)/t21-/m0/s1. The first-order valence-electron chi connectivity index (χ1n) is 9.49. The summed E-state index contributed by atoms with van der Waals surface area (Å²) in [4.78, 5) is 27.7. The molecule has 31 heavy (non-hydrogen) atoms. The van der Waals surface area contributed by atoms with E-state index in [0.717, 1.165) is 16.1 Å². The number of rotatable bonds is 6. The van der Waals surface area contributed by atoms with Gasteiger partial charge in [0, 0.05) is 23.8 Å². The second-order valence-corrected chi connectivity index (χ2v) is 9.96. The SMILES string of the molecule is COc1ccc(N2C(=O)CN(S(C)(=O)=O)C[C@@]2(C)C(=O)NCc2ccc(Cl)cc2)cc1. The monoisotopic (exact) mass is 465 g/mol. The molecule has 0 radical (unpaired) electrons. The van der Waals surface area contributed by atoms with E-state index in [-0.39, 0.29) is 19.6 Å². The number of piperazine rings is 1. The van der Waals surface area contributed by atoms with Crippen molar-refractivity contribution < 1.29 is 22.7 Å². The van der Waals surface area contributed by atoms with Gasteiger partial charge in [-0.05, 0) is 48.9 Å². The van der Waals surface area contributed by atoms with Gasteiger partial charge in [0.1, 0.15) is 11.3 Å². The minimum Gasteiger partial charge on any atom is -0.497 e. The Bertz CT molecular complexity index is 1070. The first-order chi connectivity index (χ1) is 14.5. The average molecular weight is 466 g/mol. The largest absolute Gasteiger partial charge is 0.497 e. The van der Waals surface area contributed by atoms with Crippen LogP contribution in [0.1, 0.15) is 12.5 Å². The molecule has 1 N–H and O–H groups in total. The number of methoxy groups -OCH3 is 1. The molecular weight excluding hydrogens is 442 g/mol. The Morgan fingerprint density at radius 1 is 1.16 bits per heavy atom. The molecule has 1 aliphatic heterocycles. The van der Waals surface area contributed by atoms with Gasteiger partial charge in [0.25, 0.3) is 0 Å². The molecule has 0 spiro atoms. The van der Waals surface area contributed by atoms with Crippen LogP contribution in [-0.2, 0) is 26.2 Å². The van der Waals surface area contributed by atoms with E-state index in [4.69, 9.17) is 16.3 Å². The molecule has 166 valence electrons. The molecule has 0 bridgehead atoms. The van der Waals surface area contributed by atoms with Crippen LogP contribution in [0.25, 0.3) is 0 Å². The lowest BCUT2D eigenvalue weighted by molar-refractivity contribution is -0.133. The molecule has 2 aromatic carbocycles. The molecule has 8 nitrogen and oxygen atoms in total. The van der Waals surface area contributed by atoms with Gasteiger partial charge in [0.15, 0.2) is 0 Å². The highest BCUT2D eigenvalue weighted by molar-refractivity contribution is 7.88. The van der Waals surface area contributed by atoms with Crippen molar-refractivity contribution in [3.8, 4) is 5.75 Å². The Kier molecular flexibility index (Phi) is 6.59. The Labute approximate surface area is 186 Å². The van der Waals surface area contributed by atoms with Crippen molar-refractivity contribution in [2.75, 3.05) is 31.4 Å². The second kappa shape index (κ2) is 8.86. The molecule has 1 atom stereocenters. The van der Waals surface area contributed by atoms with Crippen LogP contribution < -0.4 is 15.0 Å². The van der Waals surface area contributed by atoms with Crippen molar-refractivity contribution in [2.45, 2.75) is 19.0 Å². The molecule has 1 saturated heterocycles. The van der Waals surface area contributed by atoms with E-state index in [0.29, 0.717) is 16.5 Å². The van der Waals surface area contributed by atoms with Crippen LogP contribution in [0.15, 0.2) is 48.5 Å². The van der Waals surface area contributed by atoms with Crippen LogP contribution in [0.2, 0.25) is 5.02 Å². The van der Waals surface area contributed by atoms with Gasteiger partial charge in [0.2, 0.25) is 21.8 Å². The molecule has 1 fully saturated rings. The minimum absolute atomic E-state index is 0.171. The molecule has 0 unspecified atom stereocenters. The van der Waals surface area contributed by atoms with Crippen LogP contribution in [0.4, 0.5) is 5.69 Å². The van der Waals surface area contributed by atoms with Crippen LogP contribution in [0.3, 0.4) is 0 Å². The summed E-state index contributed by atoms with van der Waals surface area (Å²) in [7, 11) is -2.15. The highest BCUT2D eigenvalue weighted by Crippen LogP contribution is 2.31. The summed E-state index contributed by atoms with van der Waals surface area (Å²) in [6, 6.07) is 13.7. The molecule has 0 aliphatic carbocycles. The fourth-order valence-electron chi connectivity index (χ4n) is 3.51. The van der Waals surface area contributed by atoms with Crippen LogP contribution >= 0.6 is 11.6 Å². The summed E-state index contributed by atoms with van der Waals surface area (Å²) in [5.41, 5.74) is -0.165. The number of benzene rings is 2. The number of nitrogens with zero attached hydrogens (tertiary/aromatic N) is 2. The lowest BCUT2D eigenvalue weighted by Crippen LogP contribution is -2.70. The predicted octanol–water partition coefficient (Wildman–Crippen LogP) is 2.03. The number of amides is 2. The van der Waals surface area contributed by atoms with E-state index in [1.807, 2.05) is 0 Å². The van der Waals surface area contributed by atoms with Gasteiger partial charge in [-0.3, -0.25) is 14.5 Å². The number of sulfonamides is 1. The molecule has 3 rings (SSSR count). The maximum atomic E-state index is 13.3. The van der Waals surface area contributed by atoms with Crippen molar-refractivity contribution in [3.63, 3.8) is 0 Å². The Morgan fingerprint density at radius 2 is 1.77 bits per heavy atom. The first-order valence-corrected chi connectivity index (χ1v) is 11.7. The van der Waals surface area contributed by atoms with Gasteiger partial charge in [0.05, 0.1) is 19.9 Å². The van der Waals surface area contributed by atoms with Crippen LogP contribution in [0.5, 0.6) is 5.75 Å². The third-order valence-electron chi connectivity index (χ3n) is 5.19. The molecule has 0 saturated carbocycles. The van der Waals surface area contributed by atoms with Gasteiger partial charge >= 0.3 is 0 Å². The van der Waals surface area contributed by atoms with Crippen LogP contribution in [-0.4, -0.2) is 56.5 Å². The maximum Gasteiger partial charge on any atom is 0.247 e. The average Bonchev–Trinajstić information content (AvgIpc) is 2.72. The Hall–Kier alpha value is -2.62. The van der Waals surface area contributed by atoms with E-state index in [2.05, 4.69) is 5.32 Å². The molecular formula is C21H24ClN3O5S. The van der Waals surface area contributed by atoms with Gasteiger partial charge in [-0.2, -0.15) is 4.31 Å². The minimum atomic E-state index is -3.68. The number of anilines is 1. The van der Waals surface area contributed by atoms with Crippen molar-refractivity contribution >= 4 is 39.1 Å². The van der Waals surface area contributed by atoms with Crippen LogP contribution in [0, 0.1) is 0 Å². The summed E-state index contributed by atoms with van der Waals surface area (Å²) >= 11 is 5.90. The third kappa shape index (κ3) is 5.00. The zero-order valence-electron chi connectivity index (χ0n) is 17.5. The first kappa shape index (κ1) is 23.1. The highest BCUT2D eigenvalue weighted by atomic mass is 35.5. The van der Waals surface area contributed by atoms with Crippen molar-refractivity contribution in [2.24, 2.45) is 0 Å². The zero-order valence-corrected chi connectivity index (χ0v) is 19.0. The quantitative estimate of drug-likeness (QED) is 0.704. The van der Waals surface area contributed by atoms with Gasteiger partial charge in [-0.1, -0.05) is 23.7 Å². The highest BCUT2D eigenvalue weighted by Gasteiger charge is 2.50. The number of nitrogens with one attached hydrogen (secondary N) is 1. The number of hydrogen-bond donors (Lipinski definition) is 1. The molecule has 10 heteroatoms. The zero-order chi connectivity index (χ0) is 22.8. The van der Waals surface area contributed by atoms with E-state index in [1.54, 1.807) is 55.5 Å². The predicted molar refractivity (Wildman–Crippen MR) is 119 cm³/mol. The van der Waals surface area contributed by atoms with E-state index in [1.165, 1.54) is 12.0 Å². The number of hydrogen-bond acceptors (Lipinski definition) is 5. The van der Waals surface area contributed by atoms with Crippen molar-refractivity contribution in [1.82, 2.24) is 9.62 Å². The number of carbonyl (C=O) groups is 2.